The fraction of sp³-hybridized carbons (Fsp3) is 0.167. The normalized spacial score (nSPS) is 10.0. The lowest BCUT2D eigenvalue weighted by Gasteiger charge is -2.09. The Morgan fingerprint density at radius 3 is 2.79 bits per heavy atom. The number of H-pyrrole nitrogens is 1. The average Bonchev–Trinajstić information content (AvgIpc) is 2.79. The molecule has 0 aliphatic heterocycles. The van der Waals surface area contributed by atoms with Crippen molar-refractivity contribution < 1.29 is 14.3 Å². The summed E-state index contributed by atoms with van der Waals surface area (Å²) in [4.78, 5) is 11.6. The summed E-state index contributed by atoms with van der Waals surface area (Å²) >= 11 is 0. The number of para-hydroxylation sites is 2. The molecule has 1 aromatic carbocycles. The lowest BCUT2D eigenvalue weighted by molar-refractivity contribution is 0.0603. The summed E-state index contributed by atoms with van der Waals surface area (Å²) in [6, 6.07) is 7.25. The first-order valence-corrected chi connectivity index (χ1v) is 5.49. The molecule has 0 atom stereocenters. The Hall–Kier alpha value is -2.70. The minimum absolute atomic E-state index is 0.143. The Kier molecular flexibility index (Phi) is 3.56. The molecule has 0 bridgehead atoms. The lowest BCUT2D eigenvalue weighted by atomic mass is 10.2. The quantitative estimate of drug-likeness (QED) is 0.722. The van der Waals surface area contributed by atoms with Crippen molar-refractivity contribution in [3.63, 3.8) is 0 Å². The molecule has 100 valence electrons. The van der Waals surface area contributed by atoms with Crippen LogP contribution in [0, 0.1) is 0 Å². The fourth-order valence-corrected chi connectivity index (χ4v) is 1.63. The highest BCUT2D eigenvalue weighted by Crippen LogP contribution is 2.29. The first kappa shape index (κ1) is 12.7. The second-order valence-corrected chi connectivity index (χ2v) is 3.68. The van der Waals surface area contributed by atoms with Gasteiger partial charge < -0.3 is 20.5 Å². The molecule has 19 heavy (non-hydrogen) atoms. The van der Waals surface area contributed by atoms with Crippen molar-refractivity contribution in [3.8, 4) is 5.75 Å². The van der Waals surface area contributed by atoms with Gasteiger partial charge in [-0.1, -0.05) is 12.1 Å². The molecule has 0 spiro atoms. The molecule has 7 nitrogen and oxygen atoms in total. The van der Waals surface area contributed by atoms with Gasteiger partial charge in [0.15, 0.2) is 5.82 Å². The van der Waals surface area contributed by atoms with Gasteiger partial charge in [-0.25, -0.2) is 4.79 Å². The van der Waals surface area contributed by atoms with Crippen LogP contribution in [0.5, 0.6) is 5.75 Å². The van der Waals surface area contributed by atoms with Crippen LogP contribution < -0.4 is 15.8 Å². The van der Waals surface area contributed by atoms with Crippen molar-refractivity contribution >= 4 is 23.3 Å². The van der Waals surface area contributed by atoms with E-state index in [2.05, 4.69) is 20.3 Å². The van der Waals surface area contributed by atoms with Gasteiger partial charge in [-0.2, -0.15) is 5.10 Å². The van der Waals surface area contributed by atoms with Crippen LogP contribution in [0.1, 0.15) is 10.4 Å². The van der Waals surface area contributed by atoms with Crippen molar-refractivity contribution in [2.24, 2.45) is 0 Å². The second-order valence-electron chi connectivity index (χ2n) is 3.68. The monoisotopic (exact) mass is 262 g/mol. The number of nitrogens with two attached hydrogens (primary N) is 1. The summed E-state index contributed by atoms with van der Waals surface area (Å²) in [5.74, 6) is 0.488. The van der Waals surface area contributed by atoms with Crippen molar-refractivity contribution in [2.45, 2.75) is 0 Å². The highest BCUT2D eigenvalue weighted by molar-refractivity contribution is 6.00. The molecule has 0 aliphatic rings. The van der Waals surface area contributed by atoms with Gasteiger partial charge in [0.1, 0.15) is 17.1 Å². The molecule has 0 saturated heterocycles. The molecule has 2 rings (SSSR count). The van der Waals surface area contributed by atoms with Crippen LogP contribution in [0.3, 0.4) is 0 Å². The van der Waals surface area contributed by atoms with E-state index in [9.17, 15) is 4.79 Å². The van der Waals surface area contributed by atoms with E-state index in [1.807, 2.05) is 12.1 Å². The predicted molar refractivity (Wildman–Crippen MR) is 70.6 cm³/mol. The number of methoxy groups -OCH3 is 2. The Bertz CT molecular complexity index is 594. The maximum absolute atomic E-state index is 11.6. The van der Waals surface area contributed by atoms with Gasteiger partial charge >= 0.3 is 5.97 Å². The number of aromatic amines is 1. The molecule has 0 amide bonds. The van der Waals surface area contributed by atoms with E-state index in [0.29, 0.717) is 11.4 Å². The predicted octanol–water partition coefficient (Wildman–Crippen LogP) is 1.53. The molecule has 0 fully saturated rings. The van der Waals surface area contributed by atoms with Crippen molar-refractivity contribution in [3.05, 3.63) is 29.8 Å². The number of aromatic nitrogens is 2. The first-order chi connectivity index (χ1) is 9.17. The molecule has 7 heteroatoms. The fourth-order valence-electron chi connectivity index (χ4n) is 1.63. The van der Waals surface area contributed by atoms with E-state index < -0.39 is 5.97 Å². The van der Waals surface area contributed by atoms with Crippen molar-refractivity contribution in [2.75, 3.05) is 25.3 Å². The van der Waals surface area contributed by atoms with Crippen LogP contribution >= 0.6 is 0 Å². The molecule has 0 radical (unpaired) electrons. The van der Waals surface area contributed by atoms with Crippen LogP contribution in [0.4, 0.5) is 17.3 Å². The van der Waals surface area contributed by atoms with Crippen LogP contribution in [0.2, 0.25) is 0 Å². The third kappa shape index (κ3) is 2.44. The number of anilines is 3. The number of esters is 1. The molecule has 1 aromatic heterocycles. The van der Waals surface area contributed by atoms with Crippen LogP contribution in [-0.2, 0) is 4.74 Å². The van der Waals surface area contributed by atoms with Gasteiger partial charge in [-0.3, -0.25) is 5.10 Å². The zero-order valence-corrected chi connectivity index (χ0v) is 10.6. The number of nitrogens with one attached hydrogen (secondary N) is 2. The minimum Gasteiger partial charge on any atom is -0.495 e. The minimum atomic E-state index is -0.566. The maximum Gasteiger partial charge on any atom is 0.345 e. The topological polar surface area (TPSA) is 102 Å². The molecule has 0 unspecified atom stereocenters. The molecule has 2 aromatic rings. The van der Waals surface area contributed by atoms with Gasteiger partial charge in [0.2, 0.25) is 0 Å². The van der Waals surface area contributed by atoms with Gasteiger partial charge in [-0.15, -0.1) is 0 Å². The summed E-state index contributed by atoms with van der Waals surface area (Å²) in [5, 5.41) is 9.45. The van der Waals surface area contributed by atoms with E-state index >= 15 is 0 Å². The molecular weight excluding hydrogens is 248 g/mol. The number of nitrogen functional groups attached to an aromatic ring is 1. The number of nitrogens with zero attached hydrogens (tertiary/aromatic N) is 1. The molecule has 1 heterocycles. The SMILES string of the molecule is COC(=O)c1c(Nc2ccccc2OC)n[nH]c1N. The Morgan fingerprint density at radius 1 is 1.37 bits per heavy atom. The zero-order valence-electron chi connectivity index (χ0n) is 10.6. The Morgan fingerprint density at radius 2 is 2.11 bits per heavy atom. The number of hydrogen-bond donors (Lipinski definition) is 3. The number of carbonyl (C=O) groups is 1. The van der Waals surface area contributed by atoms with E-state index in [1.54, 1.807) is 19.2 Å². The first-order valence-electron chi connectivity index (χ1n) is 5.49. The van der Waals surface area contributed by atoms with Crippen molar-refractivity contribution in [1.29, 1.82) is 0 Å². The van der Waals surface area contributed by atoms with Gasteiger partial charge in [-0.05, 0) is 12.1 Å². The third-order valence-electron chi connectivity index (χ3n) is 2.54. The molecule has 0 aliphatic carbocycles. The van der Waals surface area contributed by atoms with E-state index in [-0.39, 0.29) is 17.2 Å². The summed E-state index contributed by atoms with van der Waals surface area (Å²) in [6.07, 6.45) is 0. The Labute approximate surface area is 109 Å². The zero-order chi connectivity index (χ0) is 13.8. The smallest absolute Gasteiger partial charge is 0.345 e. The molecular formula is C12H14N4O3. The van der Waals surface area contributed by atoms with Crippen LogP contribution in [-0.4, -0.2) is 30.4 Å². The third-order valence-corrected chi connectivity index (χ3v) is 2.54. The van der Waals surface area contributed by atoms with E-state index in [0.717, 1.165) is 0 Å². The number of hydrogen-bond acceptors (Lipinski definition) is 6. The van der Waals surface area contributed by atoms with Gasteiger partial charge in [0, 0.05) is 0 Å². The summed E-state index contributed by atoms with van der Waals surface area (Å²) in [7, 11) is 2.84. The summed E-state index contributed by atoms with van der Waals surface area (Å²) in [6.45, 7) is 0. The largest absolute Gasteiger partial charge is 0.495 e. The molecule has 0 saturated carbocycles. The standard InChI is InChI=1S/C12H14N4O3/c1-18-8-6-4-3-5-7(8)14-11-9(12(17)19-2)10(13)15-16-11/h3-6H,1-2H3,(H4,13,14,15,16). The molecule has 4 N–H and O–H groups in total. The van der Waals surface area contributed by atoms with Crippen LogP contribution in [0.25, 0.3) is 0 Å². The van der Waals surface area contributed by atoms with Crippen molar-refractivity contribution in [1.82, 2.24) is 10.2 Å². The lowest BCUT2D eigenvalue weighted by Crippen LogP contribution is -2.07. The number of rotatable bonds is 4. The number of benzene rings is 1. The summed E-state index contributed by atoms with van der Waals surface area (Å²) in [5.41, 5.74) is 6.48. The number of carbonyl (C=O) groups excluding carboxylic acids is 1. The second kappa shape index (κ2) is 5.30. The van der Waals surface area contributed by atoms with E-state index in [1.165, 1.54) is 7.11 Å². The highest BCUT2D eigenvalue weighted by atomic mass is 16.5. The van der Waals surface area contributed by atoms with Gasteiger partial charge in [0.25, 0.3) is 0 Å². The Balaban J connectivity index is 2.36. The number of ether oxygens (including phenoxy) is 2. The maximum atomic E-state index is 11.6. The van der Waals surface area contributed by atoms with E-state index in [4.69, 9.17) is 10.5 Å². The summed E-state index contributed by atoms with van der Waals surface area (Å²) < 4.78 is 9.86. The van der Waals surface area contributed by atoms with Gasteiger partial charge in [0.05, 0.1) is 19.9 Å². The average molecular weight is 262 g/mol. The van der Waals surface area contributed by atoms with Crippen LogP contribution in [0.15, 0.2) is 24.3 Å². The highest BCUT2D eigenvalue weighted by Gasteiger charge is 2.20.